The number of hydrogen-bond donors (Lipinski definition) is 1. The van der Waals surface area contributed by atoms with Crippen molar-refractivity contribution in [2.75, 3.05) is 5.32 Å². The largest absolute Gasteiger partial charge is 0.412 e. The van der Waals surface area contributed by atoms with Crippen molar-refractivity contribution in [1.82, 2.24) is 0 Å². The quantitative estimate of drug-likeness (QED) is 0.616. The fourth-order valence-electron chi connectivity index (χ4n) is 3.22. The number of anilines is 1. The molecule has 0 bridgehead atoms. The average molecular weight is 362 g/mol. The molecule has 1 aliphatic carbocycles. The number of nitrogens with one attached hydrogen (secondary N) is 1. The molecule has 2 aromatic rings. The first kappa shape index (κ1) is 18.0. The highest BCUT2D eigenvalue weighted by Crippen LogP contribution is 2.39. The van der Waals surface area contributed by atoms with Gasteiger partial charge in [0.1, 0.15) is 0 Å². The van der Waals surface area contributed by atoms with E-state index in [2.05, 4.69) is 68.8 Å². The van der Waals surface area contributed by atoms with E-state index in [0.717, 1.165) is 0 Å². The van der Waals surface area contributed by atoms with Crippen molar-refractivity contribution >= 4 is 35.4 Å². The Bertz CT molecular complexity index is 688. The first-order chi connectivity index (χ1) is 11.3. The lowest BCUT2D eigenvalue weighted by Gasteiger charge is -2.43. The van der Waals surface area contributed by atoms with Gasteiger partial charge in [0.05, 0.1) is 12.1 Å². The molecule has 24 heavy (non-hydrogen) atoms. The first-order valence-corrected chi connectivity index (χ1v) is 13.0. The molecular weight excluding hydrogens is 330 g/mol. The SMILES string of the molecule is CC(C)(C)[Si](C)(C)O[C@H]1CCCC[C@@H]1Nc1ccc2ccsc2c1. The molecule has 0 aliphatic heterocycles. The number of benzene rings is 1. The molecule has 0 amide bonds. The molecule has 1 aromatic carbocycles. The van der Waals surface area contributed by atoms with E-state index in [1.54, 1.807) is 0 Å². The van der Waals surface area contributed by atoms with Crippen LogP contribution >= 0.6 is 11.3 Å². The molecule has 4 heteroatoms. The highest BCUT2D eigenvalue weighted by Gasteiger charge is 2.41. The summed E-state index contributed by atoms with van der Waals surface area (Å²) in [6.45, 7) is 11.7. The van der Waals surface area contributed by atoms with E-state index in [1.807, 2.05) is 11.3 Å². The Morgan fingerprint density at radius 2 is 1.88 bits per heavy atom. The van der Waals surface area contributed by atoms with Crippen LogP contribution in [-0.2, 0) is 4.43 Å². The summed E-state index contributed by atoms with van der Waals surface area (Å²) in [6.07, 6.45) is 5.34. The van der Waals surface area contributed by atoms with Crippen molar-refractivity contribution in [3.63, 3.8) is 0 Å². The molecule has 0 saturated heterocycles. The maximum absolute atomic E-state index is 6.78. The van der Waals surface area contributed by atoms with E-state index in [1.165, 1.54) is 41.5 Å². The predicted molar refractivity (Wildman–Crippen MR) is 110 cm³/mol. The number of thiophene rings is 1. The van der Waals surface area contributed by atoms with Gasteiger partial charge in [0.2, 0.25) is 0 Å². The predicted octanol–water partition coefficient (Wildman–Crippen LogP) is 6.65. The summed E-state index contributed by atoms with van der Waals surface area (Å²) in [5.74, 6) is 0. The maximum Gasteiger partial charge on any atom is 0.192 e. The van der Waals surface area contributed by atoms with Crippen molar-refractivity contribution in [3.8, 4) is 0 Å². The van der Waals surface area contributed by atoms with E-state index in [0.29, 0.717) is 12.1 Å². The molecule has 1 fully saturated rings. The van der Waals surface area contributed by atoms with Gasteiger partial charge in [-0.15, -0.1) is 11.3 Å². The molecule has 1 N–H and O–H groups in total. The van der Waals surface area contributed by atoms with Gasteiger partial charge in [0, 0.05) is 10.4 Å². The summed E-state index contributed by atoms with van der Waals surface area (Å²) in [6, 6.07) is 9.35. The number of fused-ring (bicyclic) bond motifs is 1. The Hall–Kier alpha value is -0.843. The third kappa shape index (κ3) is 3.87. The summed E-state index contributed by atoms with van der Waals surface area (Å²) in [5, 5.41) is 7.56. The lowest BCUT2D eigenvalue weighted by Crippen LogP contribution is -2.49. The third-order valence-electron chi connectivity index (χ3n) is 5.76. The van der Waals surface area contributed by atoms with E-state index in [-0.39, 0.29) is 5.04 Å². The fourth-order valence-corrected chi connectivity index (χ4v) is 5.44. The zero-order chi connectivity index (χ0) is 17.4. The van der Waals surface area contributed by atoms with Crippen LogP contribution in [0.2, 0.25) is 18.1 Å². The van der Waals surface area contributed by atoms with Crippen molar-refractivity contribution in [2.45, 2.75) is 76.7 Å². The second-order valence-corrected chi connectivity index (χ2v) is 14.3. The molecule has 0 spiro atoms. The summed E-state index contributed by atoms with van der Waals surface area (Å²) >= 11 is 1.81. The van der Waals surface area contributed by atoms with Crippen molar-refractivity contribution in [1.29, 1.82) is 0 Å². The summed E-state index contributed by atoms with van der Waals surface area (Å²) < 4.78 is 8.14. The van der Waals surface area contributed by atoms with Crippen LogP contribution in [0.25, 0.3) is 10.1 Å². The Kier molecular flexibility index (Phi) is 5.10. The standard InChI is InChI=1S/C20H31NOSSi/c1-20(2,3)24(4,5)22-18-9-7-6-8-17(18)21-16-11-10-15-12-13-23-19(15)14-16/h10-14,17-18,21H,6-9H2,1-5H3/t17-,18-/m0/s1. The van der Waals surface area contributed by atoms with Crippen LogP contribution in [0.5, 0.6) is 0 Å². The van der Waals surface area contributed by atoms with Crippen LogP contribution in [0.4, 0.5) is 5.69 Å². The zero-order valence-electron chi connectivity index (χ0n) is 15.7. The van der Waals surface area contributed by atoms with E-state index >= 15 is 0 Å². The molecule has 1 aliphatic rings. The molecule has 0 radical (unpaired) electrons. The van der Waals surface area contributed by atoms with Gasteiger partial charge in [-0.1, -0.05) is 39.7 Å². The van der Waals surface area contributed by atoms with Gasteiger partial charge < -0.3 is 9.74 Å². The molecule has 1 heterocycles. The van der Waals surface area contributed by atoms with Gasteiger partial charge in [-0.25, -0.2) is 0 Å². The van der Waals surface area contributed by atoms with Crippen molar-refractivity contribution < 1.29 is 4.43 Å². The molecule has 1 aromatic heterocycles. The van der Waals surface area contributed by atoms with Gasteiger partial charge in [-0.2, -0.15) is 0 Å². The smallest absolute Gasteiger partial charge is 0.192 e. The Morgan fingerprint density at radius 3 is 2.62 bits per heavy atom. The maximum atomic E-state index is 6.78. The molecule has 2 nitrogen and oxygen atoms in total. The number of rotatable bonds is 4. The molecule has 2 atom stereocenters. The molecule has 1 saturated carbocycles. The highest BCUT2D eigenvalue weighted by atomic mass is 32.1. The normalized spacial score (nSPS) is 22.7. The summed E-state index contributed by atoms with van der Waals surface area (Å²) in [7, 11) is -1.72. The van der Waals surface area contributed by atoms with Crippen molar-refractivity contribution in [2.24, 2.45) is 0 Å². The van der Waals surface area contributed by atoms with Crippen LogP contribution in [-0.4, -0.2) is 20.5 Å². The zero-order valence-corrected chi connectivity index (χ0v) is 17.5. The average Bonchev–Trinajstić information content (AvgIpc) is 2.95. The molecular formula is C20H31NOSSi. The van der Waals surface area contributed by atoms with Gasteiger partial charge >= 0.3 is 0 Å². The second-order valence-electron chi connectivity index (χ2n) is 8.63. The Labute approximate surface area is 151 Å². The molecule has 3 rings (SSSR count). The number of hydrogen-bond acceptors (Lipinski definition) is 3. The first-order valence-electron chi connectivity index (χ1n) is 9.18. The summed E-state index contributed by atoms with van der Waals surface area (Å²) in [5.41, 5.74) is 1.24. The topological polar surface area (TPSA) is 21.3 Å². The van der Waals surface area contributed by atoms with Crippen LogP contribution in [0.1, 0.15) is 46.5 Å². The lowest BCUT2D eigenvalue weighted by molar-refractivity contribution is 0.124. The van der Waals surface area contributed by atoms with E-state index < -0.39 is 8.32 Å². The van der Waals surface area contributed by atoms with E-state index in [4.69, 9.17) is 4.43 Å². The van der Waals surface area contributed by atoms with Crippen LogP contribution < -0.4 is 5.32 Å². The van der Waals surface area contributed by atoms with Gasteiger partial charge in [0.15, 0.2) is 8.32 Å². The second kappa shape index (κ2) is 6.81. The van der Waals surface area contributed by atoms with Crippen molar-refractivity contribution in [3.05, 3.63) is 29.6 Å². The van der Waals surface area contributed by atoms with E-state index in [9.17, 15) is 0 Å². The van der Waals surface area contributed by atoms with Gasteiger partial charge in [-0.3, -0.25) is 0 Å². The van der Waals surface area contributed by atoms with Crippen LogP contribution in [0.15, 0.2) is 29.6 Å². The Balaban J connectivity index is 1.74. The monoisotopic (exact) mass is 361 g/mol. The lowest BCUT2D eigenvalue weighted by atomic mass is 9.92. The Morgan fingerprint density at radius 1 is 1.12 bits per heavy atom. The summed E-state index contributed by atoms with van der Waals surface area (Å²) in [4.78, 5) is 0. The van der Waals surface area contributed by atoms with Gasteiger partial charge in [0.25, 0.3) is 0 Å². The van der Waals surface area contributed by atoms with Crippen LogP contribution in [0.3, 0.4) is 0 Å². The minimum absolute atomic E-state index is 0.269. The minimum Gasteiger partial charge on any atom is -0.412 e. The molecule has 132 valence electrons. The highest BCUT2D eigenvalue weighted by molar-refractivity contribution is 7.17. The molecule has 0 unspecified atom stereocenters. The van der Waals surface area contributed by atoms with Gasteiger partial charge in [-0.05, 0) is 59.9 Å². The van der Waals surface area contributed by atoms with Crippen LogP contribution in [0, 0.1) is 0 Å². The minimum atomic E-state index is -1.72. The third-order valence-corrected chi connectivity index (χ3v) is 11.1. The fraction of sp³-hybridized carbons (Fsp3) is 0.600.